The Morgan fingerprint density at radius 3 is 2.78 bits per heavy atom. The summed E-state index contributed by atoms with van der Waals surface area (Å²) in [5.41, 5.74) is 2.46. The normalized spacial score (nSPS) is 15.6. The Kier molecular flexibility index (Phi) is 4.97. The number of carbonyl (C=O) groups excluding carboxylic acids is 2. The molecule has 1 aliphatic rings. The van der Waals surface area contributed by atoms with Crippen LogP contribution in [0.2, 0.25) is 0 Å². The van der Waals surface area contributed by atoms with Crippen LogP contribution in [-0.4, -0.2) is 33.0 Å². The van der Waals surface area contributed by atoms with E-state index in [1.165, 1.54) is 6.07 Å². The number of amides is 2. The topological polar surface area (TPSA) is 80.4 Å². The number of nitrogens with one attached hydrogen (secondary N) is 1. The van der Waals surface area contributed by atoms with Gasteiger partial charge in [0.15, 0.2) is 5.76 Å². The van der Waals surface area contributed by atoms with Gasteiger partial charge < -0.3 is 14.6 Å². The van der Waals surface area contributed by atoms with Crippen molar-refractivity contribution in [3.8, 4) is 0 Å². The zero-order valence-corrected chi connectivity index (χ0v) is 17.4. The predicted molar refractivity (Wildman–Crippen MR) is 115 cm³/mol. The Balaban J connectivity index is 1.39. The highest BCUT2D eigenvalue weighted by Crippen LogP contribution is 2.29. The van der Waals surface area contributed by atoms with E-state index in [-0.39, 0.29) is 36.5 Å². The smallest absolute Gasteiger partial charge is 0.289 e. The van der Waals surface area contributed by atoms with Gasteiger partial charge in [-0.1, -0.05) is 36.4 Å². The molecular weight excluding hydrogens is 411 g/mol. The van der Waals surface area contributed by atoms with Gasteiger partial charge in [0.1, 0.15) is 11.4 Å². The molecule has 0 bridgehead atoms. The van der Waals surface area contributed by atoms with Gasteiger partial charge >= 0.3 is 0 Å². The van der Waals surface area contributed by atoms with Gasteiger partial charge in [-0.2, -0.15) is 5.10 Å². The van der Waals surface area contributed by atoms with Crippen molar-refractivity contribution in [1.29, 1.82) is 0 Å². The van der Waals surface area contributed by atoms with Crippen molar-refractivity contribution >= 4 is 22.8 Å². The van der Waals surface area contributed by atoms with Crippen molar-refractivity contribution in [2.45, 2.75) is 19.0 Å². The molecule has 32 heavy (non-hydrogen) atoms. The van der Waals surface area contributed by atoms with Gasteiger partial charge in [0.05, 0.1) is 11.6 Å². The first-order chi connectivity index (χ1) is 15.5. The molecule has 7 nitrogen and oxygen atoms in total. The van der Waals surface area contributed by atoms with Gasteiger partial charge in [0.2, 0.25) is 5.91 Å². The molecule has 162 valence electrons. The molecule has 0 radical (unpaired) electrons. The van der Waals surface area contributed by atoms with Crippen LogP contribution in [0.5, 0.6) is 0 Å². The van der Waals surface area contributed by atoms with E-state index in [2.05, 4.69) is 10.4 Å². The molecule has 0 aliphatic carbocycles. The Labute approximate surface area is 183 Å². The molecule has 4 aromatic rings. The van der Waals surface area contributed by atoms with E-state index in [4.69, 9.17) is 4.42 Å². The fourth-order valence-electron chi connectivity index (χ4n) is 4.10. The number of aromatic nitrogens is 2. The summed E-state index contributed by atoms with van der Waals surface area (Å²) >= 11 is 0. The van der Waals surface area contributed by atoms with Crippen LogP contribution in [0.1, 0.15) is 33.3 Å². The lowest BCUT2D eigenvalue weighted by Crippen LogP contribution is -2.43. The second kappa shape index (κ2) is 7.96. The molecule has 8 heteroatoms. The van der Waals surface area contributed by atoms with E-state index < -0.39 is 5.92 Å². The molecule has 3 heterocycles. The summed E-state index contributed by atoms with van der Waals surface area (Å²) in [5, 5.41) is 8.08. The van der Waals surface area contributed by atoms with Crippen LogP contribution in [0.3, 0.4) is 0 Å². The first kappa shape index (κ1) is 20.0. The minimum absolute atomic E-state index is 0.0572. The molecule has 0 saturated heterocycles. The van der Waals surface area contributed by atoms with E-state index in [0.29, 0.717) is 23.4 Å². The number of hydrogen-bond acceptors (Lipinski definition) is 4. The second-order valence-electron chi connectivity index (χ2n) is 7.91. The first-order valence-corrected chi connectivity index (χ1v) is 10.3. The molecule has 2 aromatic heterocycles. The average molecular weight is 432 g/mol. The van der Waals surface area contributed by atoms with Crippen LogP contribution >= 0.6 is 0 Å². The zero-order chi connectivity index (χ0) is 22.2. The van der Waals surface area contributed by atoms with Gasteiger partial charge in [-0.15, -0.1) is 0 Å². The van der Waals surface area contributed by atoms with Crippen LogP contribution in [0.25, 0.3) is 11.0 Å². The summed E-state index contributed by atoms with van der Waals surface area (Å²) in [5.74, 6) is -1.42. The Morgan fingerprint density at radius 2 is 1.97 bits per heavy atom. The average Bonchev–Trinajstić information content (AvgIpc) is 3.39. The van der Waals surface area contributed by atoms with Crippen molar-refractivity contribution < 1.29 is 18.4 Å². The molecule has 1 aliphatic heterocycles. The molecular formula is C24H21FN4O3. The van der Waals surface area contributed by atoms with Crippen LogP contribution < -0.4 is 5.32 Å². The summed E-state index contributed by atoms with van der Waals surface area (Å²) in [7, 11) is 1.78. The van der Waals surface area contributed by atoms with E-state index in [1.54, 1.807) is 47.0 Å². The molecule has 2 aromatic carbocycles. The van der Waals surface area contributed by atoms with Crippen LogP contribution in [-0.2, 0) is 24.9 Å². The van der Waals surface area contributed by atoms with Crippen molar-refractivity contribution in [3.05, 3.63) is 89.2 Å². The number of para-hydroxylation sites is 1. The SMILES string of the molecule is Cn1cc2c(n1)[C@@H](C(=O)NCc1ccccc1F)CN(C(=O)c1cc3ccccc3o1)C2. The maximum atomic E-state index is 13.9. The lowest BCUT2D eigenvalue weighted by molar-refractivity contribution is -0.123. The molecule has 0 unspecified atom stereocenters. The number of fused-ring (bicyclic) bond motifs is 2. The number of nitrogens with zero attached hydrogens (tertiary/aromatic N) is 3. The predicted octanol–water partition coefficient (Wildman–Crippen LogP) is 3.36. The quantitative estimate of drug-likeness (QED) is 0.536. The summed E-state index contributed by atoms with van der Waals surface area (Å²) in [6.45, 7) is 0.542. The number of carbonyl (C=O) groups is 2. The van der Waals surface area contributed by atoms with Gasteiger partial charge in [-0.3, -0.25) is 14.3 Å². The minimum Gasteiger partial charge on any atom is -0.451 e. The van der Waals surface area contributed by atoms with Gasteiger partial charge in [-0.25, -0.2) is 4.39 Å². The molecule has 5 rings (SSSR count). The summed E-state index contributed by atoms with van der Waals surface area (Å²) in [6.07, 6.45) is 1.81. The van der Waals surface area contributed by atoms with E-state index in [1.807, 2.05) is 24.4 Å². The molecule has 0 saturated carbocycles. The number of benzene rings is 2. The Morgan fingerprint density at radius 1 is 1.19 bits per heavy atom. The van der Waals surface area contributed by atoms with Crippen molar-refractivity contribution in [2.75, 3.05) is 6.54 Å². The third-order valence-electron chi connectivity index (χ3n) is 5.68. The van der Waals surface area contributed by atoms with Crippen LogP contribution in [0.15, 0.2) is 65.2 Å². The number of aryl methyl sites for hydroxylation is 1. The van der Waals surface area contributed by atoms with Gasteiger partial charge in [-0.05, 0) is 18.2 Å². The standard InChI is InChI=1S/C24H21FN4O3/c1-28-12-17-13-29(24(31)21-10-15-6-3-5-9-20(15)32-21)14-18(22(17)27-28)23(30)26-11-16-7-2-4-8-19(16)25/h2-10,12,18H,11,13-14H2,1H3,(H,26,30)/t18-/m0/s1. The maximum Gasteiger partial charge on any atom is 0.289 e. The molecule has 1 N–H and O–H groups in total. The summed E-state index contributed by atoms with van der Waals surface area (Å²) in [6, 6.07) is 15.4. The molecule has 0 spiro atoms. The van der Waals surface area contributed by atoms with E-state index >= 15 is 0 Å². The fraction of sp³-hybridized carbons (Fsp3) is 0.208. The molecule has 1 atom stereocenters. The largest absolute Gasteiger partial charge is 0.451 e. The lowest BCUT2D eigenvalue weighted by atomic mass is 9.95. The highest BCUT2D eigenvalue weighted by atomic mass is 19.1. The fourth-order valence-corrected chi connectivity index (χ4v) is 4.10. The number of rotatable bonds is 4. The Hall–Kier alpha value is -3.94. The number of hydrogen-bond donors (Lipinski definition) is 1. The van der Waals surface area contributed by atoms with Crippen LogP contribution in [0, 0.1) is 5.82 Å². The Bertz CT molecular complexity index is 1290. The van der Waals surface area contributed by atoms with E-state index in [0.717, 1.165) is 10.9 Å². The van der Waals surface area contributed by atoms with Crippen LogP contribution in [0.4, 0.5) is 4.39 Å². The zero-order valence-electron chi connectivity index (χ0n) is 17.4. The highest BCUT2D eigenvalue weighted by molar-refractivity contribution is 5.97. The van der Waals surface area contributed by atoms with Crippen molar-refractivity contribution in [2.24, 2.45) is 7.05 Å². The third-order valence-corrected chi connectivity index (χ3v) is 5.68. The first-order valence-electron chi connectivity index (χ1n) is 10.3. The minimum atomic E-state index is -0.667. The molecule has 2 amide bonds. The molecule has 0 fully saturated rings. The summed E-state index contributed by atoms with van der Waals surface area (Å²) < 4.78 is 21.3. The van der Waals surface area contributed by atoms with Gasteiger partial charge in [0, 0.05) is 49.4 Å². The monoisotopic (exact) mass is 432 g/mol. The summed E-state index contributed by atoms with van der Waals surface area (Å²) in [4.78, 5) is 27.9. The third kappa shape index (κ3) is 3.64. The lowest BCUT2D eigenvalue weighted by Gasteiger charge is -2.30. The number of furan rings is 1. The van der Waals surface area contributed by atoms with E-state index in [9.17, 15) is 14.0 Å². The maximum absolute atomic E-state index is 13.9. The number of halogens is 1. The highest BCUT2D eigenvalue weighted by Gasteiger charge is 2.36. The van der Waals surface area contributed by atoms with Gasteiger partial charge in [0.25, 0.3) is 5.91 Å². The second-order valence-corrected chi connectivity index (χ2v) is 7.91. The van der Waals surface area contributed by atoms with Crippen molar-refractivity contribution in [3.63, 3.8) is 0 Å². The van der Waals surface area contributed by atoms with Crippen molar-refractivity contribution in [1.82, 2.24) is 20.0 Å².